The molecule has 1 aromatic rings. The van der Waals surface area contributed by atoms with Crippen LogP contribution in [0.1, 0.15) is 34.6 Å². The van der Waals surface area contributed by atoms with Crippen LogP contribution in [0.2, 0.25) is 0 Å². The molecule has 3 N–H and O–H groups in total. The minimum atomic E-state index is -0.239. The zero-order valence-electron chi connectivity index (χ0n) is 10.3. The molecule has 1 amide bonds. The summed E-state index contributed by atoms with van der Waals surface area (Å²) in [4.78, 5) is 11.6. The van der Waals surface area contributed by atoms with Crippen LogP contribution in [0, 0.1) is 13.8 Å². The molecule has 2 heterocycles. The van der Waals surface area contributed by atoms with Gasteiger partial charge in [-0.2, -0.15) is 0 Å². The largest absolute Gasteiger partial charge is 0.376 e. The molecule has 2 rings (SSSR count). The van der Waals surface area contributed by atoms with Crippen molar-refractivity contribution in [3.05, 3.63) is 23.0 Å². The van der Waals surface area contributed by atoms with E-state index in [9.17, 15) is 4.79 Å². The Morgan fingerprint density at radius 1 is 1.65 bits per heavy atom. The molecule has 0 aliphatic carbocycles. The average Bonchev–Trinajstić information content (AvgIpc) is 2.91. The number of nitrogens with zero attached hydrogens (tertiary/aromatic N) is 1. The van der Waals surface area contributed by atoms with Crippen molar-refractivity contribution >= 4 is 5.91 Å². The van der Waals surface area contributed by atoms with Crippen LogP contribution < -0.4 is 11.3 Å². The Labute approximate surface area is 101 Å². The van der Waals surface area contributed by atoms with E-state index >= 15 is 0 Å². The van der Waals surface area contributed by atoms with Gasteiger partial charge in [0.05, 0.1) is 11.7 Å². The van der Waals surface area contributed by atoms with Crippen molar-refractivity contribution in [2.45, 2.75) is 39.3 Å². The number of nitrogen functional groups attached to an aromatic ring is 1. The van der Waals surface area contributed by atoms with Crippen molar-refractivity contribution in [1.29, 1.82) is 0 Å². The fraction of sp³-hybridized carbons (Fsp3) is 0.583. The summed E-state index contributed by atoms with van der Waals surface area (Å²) in [7, 11) is 0. The van der Waals surface area contributed by atoms with Crippen LogP contribution in [0.4, 0.5) is 0 Å². The second kappa shape index (κ2) is 4.89. The standard InChI is InChI=1S/C12H19N3O2/c1-8-6-11(12(16)14-13)9(2)15(8)7-10-4-3-5-17-10/h6,10H,3-5,7,13H2,1-2H3,(H,14,16)/t10-/m0/s1. The van der Waals surface area contributed by atoms with E-state index in [1.807, 2.05) is 19.9 Å². The molecule has 0 saturated carbocycles. The minimum absolute atomic E-state index is 0.239. The molecular weight excluding hydrogens is 218 g/mol. The number of amides is 1. The van der Waals surface area contributed by atoms with Crippen LogP contribution in [0.15, 0.2) is 6.07 Å². The van der Waals surface area contributed by atoms with Gasteiger partial charge in [-0.25, -0.2) is 5.84 Å². The maximum absolute atomic E-state index is 11.6. The van der Waals surface area contributed by atoms with Crippen molar-refractivity contribution < 1.29 is 9.53 Å². The van der Waals surface area contributed by atoms with Gasteiger partial charge in [0, 0.05) is 24.5 Å². The van der Waals surface area contributed by atoms with E-state index in [1.165, 1.54) is 0 Å². The van der Waals surface area contributed by atoms with Crippen molar-refractivity contribution in [2.24, 2.45) is 5.84 Å². The summed E-state index contributed by atoms with van der Waals surface area (Å²) in [6.45, 7) is 5.59. The normalized spacial score (nSPS) is 19.6. The molecule has 1 aromatic heterocycles. The quantitative estimate of drug-likeness (QED) is 0.466. The zero-order chi connectivity index (χ0) is 12.4. The highest BCUT2D eigenvalue weighted by Crippen LogP contribution is 2.20. The lowest BCUT2D eigenvalue weighted by molar-refractivity contribution is 0.0939. The molecular formula is C12H19N3O2. The van der Waals surface area contributed by atoms with Gasteiger partial charge in [0.15, 0.2) is 0 Å². The number of aromatic nitrogens is 1. The molecule has 0 aromatic carbocycles. The third-order valence-corrected chi connectivity index (χ3v) is 3.36. The highest BCUT2D eigenvalue weighted by atomic mass is 16.5. The Morgan fingerprint density at radius 2 is 2.41 bits per heavy atom. The third kappa shape index (κ3) is 2.35. The molecule has 0 spiro atoms. The molecule has 0 radical (unpaired) electrons. The molecule has 94 valence electrons. The van der Waals surface area contributed by atoms with Gasteiger partial charge in [0.25, 0.3) is 5.91 Å². The van der Waals surface area contributed by atoms with Crippen LogP contribution in [-0.2, 0) is 11.3 Å². The molecule has 1 atom stereocenters. The number of ether oxygens (including phenoxy) is 1. The third-order valence-electron chi connectivity index (χ3n) is 3.36. The first kappa shape index (κ1) is 12.1. The number of aryl methyl sites for hydroxylation is 1. The van der Waals surface area contributed by atoms with Crippen molar-refractivity contribution in [3.63, 3.8) is 0 Å². The fourth-order valence-corrected chi connectivity index (χ4v) is 2.38. The number of carbonyl (C=O) groups is 1. The van der Waals surface area contributed by atoms with Gasteiger partial charge >= 0.3 is 0 Å². The summed E-state index contributed by atoms with van der Waals surface area (Å²) in [5.41, 5.74) is 4.83. The van der Waals surface area contributed by atoms with Gasteiger partial charge in [-0.05, 0) is 32.8 Å². The summed E-state index contributed by atoms with van der Waals surface area (Å²) in [6.07, 6.45) is 2.49. The average molecular weight is 237 g/mol. The molecule has 0 unspecified atom stereocenters. The van der Waals surface area contributed by atoms with Crippen LogP contribution >= 0.6 is 0 Å². The summed E-state index contributed by atoms with van der Waals surface area (Å²) in [6, 6.07) is 1.87. The number of hydrogen-bond donors (Lipinski definition) is 2. The second-order valence-corrected chi connectivity index (χ2v) is 4.50. The molecule has 0 bridgehead atoms. The van der Waals surface area contributed by atoms with Gasteiger partial charge in [0.2, 0.25) is 0 Å². The second-order valence-electron chi connectivity index (χ2n) is 4.50. The lowest BCUT2D eigenvalue weighted by Crippen LogP contribution is -2.30. The maximum atomic E-state index is 11.6. The summed E-state index contributed by atoms with van der Waals surface area (Å²) < 4.78 is 7.74. The molecule has 1 saturated heterocycles. The predicted molar refractivity (Wildman–Crippen MR) is 64.5 cm³/mol. The van der Waals surface area contributed by atoms with Gasteiger partial charge < -0.3 is 9.30 Å². The highest BCUT2D eigenvalue weighted by molar-refractivity contribution is 5.95. The van der Waals surface area contributed by atoms with Crippen molar-refractivity contribution in [3.8, 4) is 0 Å². The van der Waals surface area contributed by atoms with E-state index in [0.29, 0.717) is 5.56 Å². The van der Waals surface area contributed by atoms with Crippen LogP contribution in [0.5, 0.6) is 0 Å². The minimum Gasteiger partial charge on any atom is -0.376 e. The Hall–Kier alpha value is -1.33. The number of nitrogens with one attached hydrogen (secondary N) is 1. The molecule has 17 heavy (non-hydrogen) atoms. The van der Waals surface area contributed by atoms with E-state index in [0.717, 1.165) is 37.4 Å². The first-order chi connectivity index (χ1) is 8.13. The summed E-state index contributed by atoms with van der Waals surface area (Å²) in [5.74, 6) is 4.92. The van der Waals surface area contributed by atoms with E-state index in [4.69, 9.17) is 10.6 Å². The smallest absolute Gasteiger partial charge is 0.267 e. The van der Waals surface area contributed by atoms with Crippen LogP contribution in [0.3, 0.4) is 0 Å². The zero-order valence-corrected chi connectivity index (χ0v) is 10.3. The first-order valence-electron chi connectivity index (χ1n) is 5.92. The Morgan fingerprint density at radius 3 is 3.00 bits per heavy atom. The van der Waals surface area contributed by atoms with E-state index in [2.05, 4.69) is 9.99 Å². The number of hydrazine groups is 1. The highest BCUT2D eigenvalue weighted by Gasteiger charge is 2.20. The van der Waals surface area contributed by atoms with E-state index in [-0.39, 0.29) is 12.0 Å². The van der Waals surface area contributed by atoms with E-state index < -0.39 is 0 Å². The molecule has 1 aliphatic heterocycles. The topological polar surface area (TPSA) is 69.3 Å². The monoisotopic (exact) mass is 237 g/mol. The van der Waals surface area contributed by atoms with Gasteiger partial charge in [-0.3, -0.25) is 10.2 Å². The van der Waals surface area contributed by atoms with Gasteiger partial charge in [-0.15, -0.1) is 0 Å². The summed E-state index contributed by atoms with van der Waals surface area (Å²) >= 11 is 0. The van der Waals surface area contributed by atoms with Crippen LogP contribution in [0.25, 0.3) is 0 Å². The maximum Gasteiger partial charge on any atom is 0.267 e. The number of nitrogens with two attached hydrogens (primary N) is 1. The number of rotatable bonds is 3. The predicted octanol–water partition coefficient (Wildman–Crippen LogP) is 0.887. The van der Waals surface area contributed by atoms with Crippen molar-refractivity contribution in [2.75, 3.05) is 6.61 Å². The summed E-state index contributed by atoms with van der Waals surface area (Å²) in [5, 5.41) is 0. The first-order valence-corrected chi connectivity index (χ1v) is 5.92. The van der Waals surface area contributed by atoms with Crippen molar-refractivity contribution in [1.82, 2.24) is 9.99 Å². The lowest BCUT2D eigenvalue weighted by Gasteiger charge is -2.14. The van der Waals surface area contributed by atoms with Crippen LogP contribution in [-0.4, -0.2) is 23.2 Å². The SMILES string of the molecule is Cc1cc(C(=O)NN)c(C)n1C[C@@H]1CCCO1. The Bertz CT molecular complexity index is 420. The van der Waals surface area contributed by atoms with Gasteiger partial charge in [0.1, 0.15) is 0 Å². The molecule has 5 heteroatoms. The molecule has 1 aliphatic rings. The number of hydrogen-bond acceptors (Lipinski definition) is 3. The Balaban J connectivity index is 2.21. The number of carbonyl (C=O) groups excluding carboxylic acids is 1. The van der Waals surface area contributed by atoms with E-state index in [1.54, 1.807) is 0 Å². The Kier molecular flexibility index (Phi) is 3.49. The van der Waals surface area contributed by atoms with Gasteiger partial charge in [-0.1, -0.05) is 0 Å². The lowest BCUT2D eigenvalue weighted by atomic mass is 10.2. The molecule has 5 nitrogen and oxygen atoms in total. The fourth-order valence-electron chi connectivity index (χ4n) is 2.38. The molecule has 1 fully saturated rings.